The third-order valence-corrected chi connectivity index (χ3v) is 4.37. The van der Waals surface area contributed by atoms with Crippen molar-refractivity contribution in [1.29, 1.82) is 0 Å². The van der Waals surface area contributed by atoms with E-state index in [9.17, 15) is 18.0 Å². The number of hydrogen-bond donors (Lipinski definition) is 2. The molecule has 0 aliphatic heterocycles. The molecule has 178 valence electrons. The molecule has 0 fully saturated rings. The molecule has 0 aliphatic rings. The molecule has 0 saturated carbocycles. The maximum atomic E-state index is 12.4. The van der Waals surface area contributed by atoms with Crippen molar-refractivity contribution in [2.45, 2.75) is 40.5 Å². The number of anilines is 1. The fourth-order valence-corrected chi connectivity index (χ4v) is 3.08. The number of halogens is 3. The van der Waals surface area contributed by atoms with Crippen molar-refractivity contribution in [3.05, 3.63) is 40.8 Å². The second-order valence-corrected chi connectivity index (χ2v) is 6.14. The number of allylic oxidation sites excluding steroid dienone is 2. The number of hydrogen-bond acceptors (Lipinski definition) is 7. The minimum absolute atomic E-state index is 0.293. The van der Waals surface area contributed by atoms with Crippen molar-refractivity contribution in [3.63, 3.8) is 0 Å². The van der Waals surface area contributed by atoms with E-state index >= 15 is 0 Å². The van der Waals surface area contributed by atoms with Crippen molar-refractivity contribution in [1.82, 2.24) is 10.4 Å². The van der Waals surface area contributed by atoms with Gasteiger partial charge in [-0.05, 0) is 24.1 Å². The number of amides is 1. The predicted octanol–water partition coefficient (Wildman–Crippen LogP) is 5.50. The van der Waals surface area contributed by atoms with E-state index in [4.69, 9.17) is 4.74 Å². The molecule has 11 heteroatoms. The first-order chi connectivity index (χ1) is 15.4. The number of hydrazone groups is 1. The van der Waals surface area contributed by atoms with Crippen molar-refractivity contribution in [2.24, 2.45) is 5.10 Å². The van der Waals surface area contributed by atoms with Gasteiger partial charge in [-0.15, -0.1) is 13.2 Å². The lowest BCUT2D eigenvalue weighted by molar-refractivity contribution is -0.274. The molecule has 1 aromatic heterocycles. The summed E-state index contributed by atoms with van der Waals surface area (Å²) < 4.78 is 46.2. The third kappa shape index (κ3) is 10.3. The summed E-state index contributed by atoms with van der Waals surface area (Å²) in [5.74, 6) is 0.242. The van der Waals surface area contributed by atoms with Crippen LogP contribution in [-0.4, -0.2) is 38.1 Å². The number of nitrogens with one attached hydrogen (secondary N) is 2. The molecular weight excluding hydrogens is 445 g/mol. The van der Waals surface area contributed by atoms with Crippen molar-refractivity contribution in [3.8, 4) is 10.9 Å². The van der Waals surface area contributed by atoms with Gasteiger partial charge in [0, 0.05) is 12.6 Å². The number of nitrogens with zero attached hydrogens (tertiary/aromatic N) is 2. The fraction of sp³-hybridized carbons (Fsp3) is 0.381. The lowest BCUT2D eigenvalue weighted by Gasteiger charge is -2.09. The number of thiazole rings is 1. The highest BCUT2D eigenvalue weighted by atomic mass is 32.1. The summed E-state index contributed by atoms with van der Waals surface area (Å²) in [6, 6.07) is 5.67. The van der Waals surface area contributed by atoms with Crippen LogP contribution in [0.25, 0.3) is 5.57 Å². The topological polar surface area (TPSA) is 84.8 Å². The normalized spacial score (nSPS) is 11.0. The van der Waals surface area contributed by atoms with Crippen molar-refractivity contribution in [2.75, 3.05) is 19.5 Å². The minimum Gasteiger partial charge on any atom is -0.473 e. The molecule has 1 heterocycles. The molecule has 0 spiro atoms. The molecule has 0 aliphatic carbocycles. The Morgan fingerprint density at radius 1 is 1.25 bits per heavy atom. The second-order valence-electron chi connectivity index (χ2n) is 5.18. The Labute approximate surface area is 190 Å². The average Bonchev–Trinajstić information content (AvgIpc) is 3.21. The van der Waals surface area contributed by atoms with E-state index in [1.165, 1.54) is 42.9 Å². The Morgan fingerprint density at radius 3 is 2.50 bits per heavy atom. The molecule has 2 N–H and O–H groups in total. The van der Waals surface area contributed by atoms with Gasteiger partial charge in [0.2, 0.25) is 6.41 Å². The van der Waals surface area contributed by atoms with Gasteiger partial charge in [0.25, 0.3) is 5.19 Å². The summed E-state index contributed by atoms with van der Waals surface area (Å²) in [5, 5.41) is 7.14. The monoisotopic (exact) mass is 474 g/mol. The molecule has 0 saturated heterocycles. The van der Waals surface area contributed by atoms with E-state index in [0.717, 1.165) is 0 Å². The van der Waals surface area contributed by atoms with Crippen LogP contribution < -0.4 is 20.2 Å². The number of carbonyl (C=O) groups excluding carboxylic acids is 1. The fourth-order valence-electron chi connectivity index (χ4n) is 2.19. The zero-order valence-corrected chi connectivity index (χ0v) is 19.7. The first-order valence-corrected chi connectivity index (χ1v) is 10.7. The standard InChI is InChI=1S/C17H17F3N4O3S.2C2H6/c1-21-15-14(28-16(24-15)26-2)12(9-22-23-10-25)7-6-11-4-3-5-13(8-11)27-17(18,19)20;2*1-2/h3-5,7-10,21H,6H2,1-2H3,(H,23,25);2*1-2H3/b12-7+,22-9-;;. The van der Waals surface area contributed by atoms with Crippen LogP contribution in [-0.2, 0) is 11.2 Å². The Bertz CT molecular complexity index is 868. The van der Waals surface area contributed by atoms with Gasteiger partial charge in [0.1, 0.15) is 11.6 Å². The quantitative estimate of drug-likeness (QED) is 0.285. The van der Waals surface area contributed by atoms with Crippen LogP contribution in [0.4, 0.5) is 19.0 Å². The van der Waals surface area contributed by atoms with Gasteiger partial charge in [0.05, 0.1) is 18.2 Å². The molecule has 2 aromatic rings. The first-order valence-electron chi connectivity index (χ1n) is 9.86. The van der Waals surface area contributed by atoms with Crippen LogP contribution in [0.1, 0.15) is 38.1 Å². The van der Waals surface area contributed by atoms with Crippen LogP contribution in [0.15, 0.2) is 35.4 Å². The zero-order chi connectivity index (χ0) is 24.6. The second kappa shape index (κ2) is 15.7. The smallest absolute Gasteiger partial charge is 0.473 e. The average molecular weight is 475 g/mol. The number of benzene rings is 1. The van der Waals surface area contributed by atoms with Crippen LogP contribution in [0.3, 0.4) is 0 Å². The van der Waals surface area contributed by atoms with E-state index in [1.54, 1.807) is 19.2 Å². The van der Waals surface area contributed by atoms with E-state index < -0.39 is 6.36 Å². The molecule has 0 atom stereocenters. The van der Waals surface area contributed by atoms with Gasteiger partial charge in [-0.2, -0.15) is 10.1 Å². The summed E-state index contributed by atoms with van der Waals surface area (Å²) in [6.45, 7) is 8.00. The van der Waals surface area contributed by atoms with Crippen LogP contribution in [0.2, 0.25) is 0 Å². The van der Waals surface area contributed by atoms with Gasteiger partial charge in [-0.3, -0.25) is 4.79 Å². The summed E-state index contributed by atoms with van der Waals surface area (Å²) in [7, 11) is 3.17. The molecule has 0 unspecified atom stereocenters. The largest absolute Gasteiger partial charge is 0.573 e. The number of ether oxygens (including phenoxy) is 2. The van der Waals surface area contributed by atoms with Gasteiger partial charge in [-0.1, -0.05) is 57.2 Å². The number of aromatic nitrogens is 1. The summed E-state index contributed by atoms with van der Waals surface area (Å²) in [4.78, 5) is 15.4. The summed E-state index contributed by atoms with van der Waals surface area (Å²) in [5.41, 5.74) is 3.37. The maximum absolute atomic E-state index is 12.4. The minimum atomic E-state index is -4.76. The number of rotatable bonds is 9. The van der Waals surface area contributed by atoms with E-state index in [1.807, 2.05) is 27.7 Å². The van der Waals surface area contributed by atoms with E-state index in [-0.39, 0.29) is 5.75 Å². The lowest BCUT2D eigenvalue weighted by atomic mass is 10.1. The molecule has 7 nitrogen and oxygen atoms in total. The van der Waals surface area contributed by atoms with E-state index in [0.29, 0.717) is 39.9 Å². The third-order valence-electron chi connectivity index (χ3n) is 3.30. The van der Waals surface area contributed by atoms with Crippen molar-refractivity contribution >= 4 is 35.4 Å². The molecular formula is C21H29F3N4O3S. The maximum Gasteiger partial charge on any atom is 0.573 e. The molecule has 1 aromatic carbocycles. The molecule has 2 rings (SSSR count). The predicted molar refractivity (Wildman–Crippen MR) is 123 cm³/mol. The molecule has 32 heavy (non-hydrogen) atoms. The van der Waals surface area contributed by atoms with E-state index in [2.05, 4.69) is 25.6 Å². The summed E-state index contributed by atoms with van der Waals surface area (Å²) in [6.07, 6.45) is -0.887. The zero-order valence-electron chi connectivity index (χ0n) is 18.9. The lowest BCUT2D eigenvalue weighted by Crippen LogP contribution is -2.17. The van der Waals surface area contributed by atoms with Gasteiger partial charge in [-0.25, -0.2) is 5.43 Å². The highest BCUT2D eigenvalue weighted by Crippen LogP contribution is 2.34. The van der Waals surface area contributed by atoms with Crippen LogP contribution >= 0.6 is 11.3 Å². The highest BCUT2D eigenvalue weighted by Gasteiger charge is 2.31. The van der Waals surface area contributed by atoms with Gasteiger partial charge >= 0.3 is 6.36 Å². The highest BCUT2D eigenvalue weighted by molar-refractivity contribution is 7.15. The van der Waals surface area contributed by atoms with Crippen LogP contribution in [0, 0.1) is 0 Å². The SMILES string of the molecule is CC.CC.CNc1nc(OC)sc1C(/C=N\NC=O)=C/Cc1cccc(OC(F)(F)F)c1. The summed E-state index contributed by atoms with van der Waals surface area (Å²) >= 11 is 1.25. The van der Waals surface area contributed by atoms with Crippen molar-refractivity contribution < 1.29 is 27.4 Å². The Hall–Kier alpha value is -3.08. The first kappa shape index (κ1) is 28.9. The molecule has 0 bridgehead atoms. The molecule has 1 amide bonds. The number of carbonyl (C=O) groups is 1. The Kier molecular flexibility index (Phi) is 14.2. The van der Waals surface area contributed by atoms with Gasteiger partial charge in [0.15, 0.2) is 0 Å². The number of methoxy groups -OCH3 is 1. The van der Waals surface area contributed by atoms with Crippen LogP contribution in [0.5, 0.6) is 10.9 Å². The van der Waals surface area contributed by atoms with Gasteiger partial charge < -0.3 is 14.8 Å². The Morgan fingerprint density at radius 2 is 1.94 bits per heavy atom. The Balaban J connectivity index is 0.00000227. The molecule has 0 radical (unpaired) electrons. The number of alkyl halides is 3.